The first-order chi connectivity index (χ1) is 10.7. The van der Waals surface area contributed by atoms with Crippen LogP contribution in [-0.2, 0) is 0 Å². The van der Waals surface area contributed by atoms with Gasteiger partial charge in [0.2, 0.25) is 0 Å². The van der Waals surface area contributed by atoms with Gasteiger partial charge in [-0.15, -0.1) is 0 Å². The lowest BCUT2D eigenvalue weighted by Gasteiger charge is -1.99. The van der Waals surface area contributed by atoms with Crippen molar-refractivity contribution in [3.8, 4) is 5.75 Å². The highest BCUT2D eigenvalue weighted by molar-refractivity contribution is 9.10. The fourth-order valence-electron chi connectivity index (χ4n) is 2.26. The quantitative estimate of drug-likeness (QED) is 0.537. The standard InChI is InChI=1S/C18H14BrNO2/c1-22-15-7-8-17-16(10-15)13(11-20-17)4-9-18(21)12-2-5-14(19)6-3-12/h2-11,20H,1H3/b9-4-. The predicted octanol–water partition coefficient (Wildman–Crippen LogP) is 4.84. The number of hydrogen-bond donors (Lipinski definition) is 1. The topological polar surface area (TPSA) is 42.1 Å². The monoisotopic (exact) mass is 355 g/mol. The minimum atomic E-state index is -0.0234. The highest BCUT2D eigenvalue weighted by Crippen LogP contribution is 2.24. The smallest absolute Gasteiger partial charge is 0.185 e. The molecule has 0 atom stereocenters. The molecule has 3 aromatic rings. The summed E-state index contributed by atoms with van der Waals surface area (Å²) in [5.74, 6) is 0.769. The van der Waals surface area contributed by atoms with Crippen LogP contribution in [-0.4, -0.2) is 17.9 Å². The lowest BCUT2D eigenvalue weighted by molar-refractivity contribution is 0.104. The zero-order valence-electron chi connectivity index (χ0n) is 12.0. The van der Waals surface area contributed by atoms with Crippen LogP contribution in [0.3, 0.4) is 0 Å². The summed E-state index contributed by atoms with van der Waals surface area (Å²) in [6.07, 6.45) is 5.30. The molecule has 0 fully saturated rings. The van der Waals surface area contributed by atoms with Crippen LogP contribution in [0.4, 0.5) is 0 Å². The molecule has 1 aromatic heterocycles. The number of halogens is 1. The fourth-order valence-corrected chi connectivity index (χ4v) is 2.53. The van der Waals surface area contributed by atoms with E-state index in [9.17, 15) is 4.79 Å². The largest absolute Gasteiger partial charge is 0.497 e. The Balaban J connectivity index is 1.88. The highest BCUT2D eigenvalue weighted by atomic mass is 79.9. The zero-order chi connectivity index (χ0) is 15.5. The number of carbonyl (C=O) groups excluding carboxylic acids is 1. The first-order valence-electron chi connectivity index (χ1n) is 6.80. The van der Waals surface area contributed by atoms with E-state index < -0.39 is 0 Å². The van der Waals surface area contributed by atoms with Gasteiger partial charge in [-0.25, -0.2) is 0 Å². The van der Waals surface area contributed by atoms with Gasteiger partial charge in [-0.3, -0.25) is 4.79 Å². The molecule has 4 heteroatoms. The number of ketones is 1. The maximum absolute atomic E-state index is 12.2. The third-order valence-corrected chi connectivity index (χ3v) is 3.99. The number of benzene rings is 2. The van der Waals surface area contributed by atoms with E-state index in [1.54, 1.807) is 25.3 Å². The molecule has 110 valence electrons. The summed E-state index contributed by atoms with van der Waals surface area (Å²) in [4.78, 5) is 15.4. The van der Waals surface area contributed by atoms with Gasteiger partial charge in [0, 0.05) is 32.7 Å². The van der Waals surface area contributed by atoms with E-state index in [4.69, 9.17) is 4.74 Å². The SMILES string of the molecule is COc1ccc2[nH]cc(/C=C\C(=O)c3ccc(Br)cc3)c2c1. The van der Waals surface area contributed by atoms with E-state index in [1.807, 2.05) is 42.6 Å². The molecule has 1 N–H and O–H groups in total. The third-order valence-electron chi connectivity index (χ3n) is 3.46. The number of rotatable bonds is 4. The van der Waals surface area contributed by atoms with Crippen molar-refractivity contribution in [3.63, 3.8) is 0 Å². The van der Waals surface area contributed by atoms with Crippen LogP contribution >= 0.6 is 15.9 Å². The molecule has 1 heterocycles. The minimum Gasteiger partial charge on any atom is -0.497 e. The van der Waals surface area contributed by atoms with Crippen LogP contribution in [0.2, 0.25) is 0 Å². The molecule has 0 spiro atoms. The molecule has 0 aliphatic rings. The van der Waals surface area contributed by atoms with E-state index in [0.717, 1.165) is 26.7 Å². The zero-order valence-corrected chi connectivity index (χ0v) is 13.6. The van der Waals surface area contributed by atoms with Crippen molar-refractivity contribution in [2.24, 2.45) is 0 Å². The lowest BCUT2D eigenvalue weighted by atomic mass is 10.1. The third kappa shape index (κ3) is 2.97. The van der Waals surface area contributed by atoms with Crippen molar-refractivity contribution >= 4 is 38.7 Å². The van der Waals surface area contributed by atoms with Gasteiger partial charge >= 0.3 is 0 Å². The number of allylic oxidation sites excluding steroid dienone is 1. The summed E-state index contributed by atoms with van der Waals surface area (Å²) in [6.45, 7) is 0. The van der Waals surface area contributed by atoms with E-state index in [-0.39, 0.29) is 5.78 Å². The molecule has 0 aliphatic carbocycles. The van der Waals surface area contributed by atoms with Gasteiger partial charge in [0.15, 0.2) is 5.78 Å². The summed E-state index contributed by atoms with van der Waals surface area (Å²) in [5, 5.41) is 1.03. The van der Waals surface area contributed by atoms with Crippen molar-refractivity contribution in [3.05, 3.63) is 70.3 Å². The fraction of sp³-hybridized carbons (Fsp3) is 0.0556. The highest BCUT2D eigenvalue weighted by Gasteiger charge is 2.05. The Bertz CT molecular complexity index is 847. The minimum absolute atomic E-state index is 0.0234. The molecule has 3 nitrogen and oxygen atoms in total. The van der Waals surface area contributed by atoms with Crippen LogP contribution in [0.15, 0.2) is 59.2 Å². The summed E-state index contributed by atoms with van der Waals surface area (Å²) in [6, 6.07) is 13.1. The van der Waals surface area contributed by atoms with Crippen LogP contribution < -0.4 is 4.74 Å². The van der Waals surface area contributed by atoms with Gasteiger partial charge in [-0.1, -0.05) is 15.9 Å². The molecule has 3 rings (SSSR count). The number of aromatic amines is 1. The summed E-state index contributed by atoms with van der Waals surface area (Å²) < 4.78 is 6.20. The van der Waals surface area contributed by atoms with Crippen molar-refractivity contribution < 1.29 is 9.53 Å². The van der Waals surface area contributed by atoms with Gasteiger partial charge < -0.3 is 9.72 Å². The number of aromatic nitrogens is 1. The number of nitrogens with one attached hydrogen (secondary N) is 1. The van der Waals surface area contributed by atoms with Crippen molar-refractivity contribution in [2.75, 3.05) is 7.11 Å². The Morgan fingerprint density at radius 3 is 2.68 bits per heavy atom. The van der Waals surface area contributed by atoms with Crippen LogP contribution in [0, 0.1) is 0 Å². The molecule has 22 heavy (non-hydrogen) atoms. The van der Waals surface area contributed by atoms with Crippen molar-refractivity contribution in [2.45, 2.75) is 0 Å². The summed E-state index contributed by atoms with van der Waals surface area (Å²) in [5.41, 5.74) is 2.63. The summed E-state index contributed by atoms with van der Waals surface area (Å²) >= 11 is 3.36. The van der Waals surface area contributed by atoms with E-state index in [1.165, 1.54) is 0 Å². The Morgan fingerprint density at radius 1 is 1.18 bits per heavy atom. The average molecular weight is 356 g/mol. The van der Waals surface area contributed by atoms with E-state index in [2.05, 4.69) is 20.9 Å². The average Bonchev–Trinajstić information content (AvgIpc) is 2.95. The Kier molecular flexibility index (Phi) is 4.11. The molecule has 2 aromatic carbocycles. The van der Waals surface area contributed by atoms with Gasteiger partial charge in [-0.2, -0.15) is 0 Å². The van der Waals surface area contributed by atoms with Crippen molar-refractivity contribution in [1.82, 2.24) is 4.98 Å². The lowest BCUT2D eigenvalue weighted by Crippen LogP contribution is -1.92. The van der Waals surface area contributed by atoms with Crippen LogP contribution in [0.1, 0.15) is 15.9 Å². The maximum Gasteiger partial charge on any atom is 0.185 e. The molecular formula is C18H14BrNO2. The molecule has 0 bridgehead atoms. The Hall–Kier alpha value is -2.33. The Morgan fingerprint density at radius 2 is 1.95 bits per heavy atom. The van der Waals surface area contributed by atoms with Gasteiger partial charge in [0.05, 0.1) is 7.11 Å². The van der Waals surface area contributed by atoms with E-state index in [0.29, 0.717) is 5.56 Å². The number of carbonyl (C=O) groups is 1. The first-order valence-corrected chi connectivity index (χ1v) is 7.60. The maximum atomic E-state index is 12.2. The first kappa shape index (κ1) is 14.6. The second-order valence-electron chi connectivity index (χ2n) is 4.86. The predicted molar refractivity (Wildman–Crippen MR) is 92.4 cm³/mol. The van der Waals surface area contributed by atoms with Crippen molar-refractivity contribution in [1.29, 1.82) is 0 Å². The number of fused-ring (bicyclic) bond motifs is 1. The Labute approximate surface area is 136 Å². The molecule has 0 radical (unpaired) electrons. The van der Waals surface area contributed by atoms with Gasteiger partial charge in [-0.05, 0) is 54.6 Å². The second-order valence-corrected chi connectivity index (χ2v) is 5.78. The molecule has 0 saturated heterocycles. The molecule has 0 unspecified atom stereocenters. The molecule has 0 aliphatic heterocycles. The van der Waals surface area contributed by atoms with Gasteiger partial charge in [0.1, 0.15) is 5.75 Å². The van der Waals surface area contributed by atoms with Crippen LogP contribution in [0.5, 0.6) is 5.75 Å². The number of methoxy groups -OCH3 is 1. The van der Waals surface area contributed by atoms with Crippen LogP contribution in [0.25, 0.3) is 17.0 Å². The normalized spacial score (nSPS) is 11.2. The van der Waals surface area contributed by atoms with E-state index >= 15 is 0 Å². The van der Waals surface area contributed by atoms with Gasteiger partial charge in [0.25, 0.3) is 0 Å². The molecular weight excluding hydrogens is 342 g/mol. The summed E-state index contributed by atoms with van der Waals surface area (Å²) in [7, 11) is 1.64. The second kappa shape index (κ2) is 6.20. The molecule has 0 saturated carbocycles. The number of hydrogen-bond acceptors (Lipinski definition) is 2. The number of H-pyrrole nitrogens is 1. The number of ether oxygens (including phenoxy) is 1. The molecule has 0 amide bonds.